The third-order valence-corrected chi connectivity index (χ3v) is 4.59. The Bertz CT molecular complexity index is 567. The molecule has 0 saturated heterocycles. The summed E-state index contributed by atoms with van der Waals surface area (Å²) >= 11 is 1.67. The van der Waals surface area contributed by atoms with E-state index in [1.807, 2.05) is 6.07 Å². The van der Waals surface area contributed by atoms with Gasteiger partial charge in [-0.3, -0.25) is 4.90 Å². The van der Waals surface area contributed by atoms with Gasteiger partial charge in [0.15, 0.2) is 11.0 Å². The van der Waals surface area contributed by atoms with E-state index in [1.165, 1.54) is 5.56 Å². The van der Waals surface area contributed by atoms with Crippen LogP contribution < -0.4 is 5.73 Å². The highest BCUT2D eigenvalue weighted by molar-refractivity contribution is 7.99. The first kappa shape index (κ1) is 17.0. The Morgan fingerprint density at radius 3 is 2.55 bits per heavy atom. The van der Waals surface area contributed by atoms with Crippen LogP contribution in [0.25, 0.3) is 0 Å². The first-order chi connectivity index (χ1) is 10.7. The summed E-state index contributed by atoms with van der Waals surface area (Å²) in [6.45, 7) is 3.61. The number of nitrogens with two attached hydrogens (primary N) is 1. The van der Waals surface area contributed by atoms with Crippen LogP contribution in [0.3, 0.4) is 0 Å². The number of thioether (sulfide) groups is 1. The predicted octanol–water partition coefficient (Wildman–Crippen LogP) is 2.39. The molecule has 0 aliphatic rings. The van der Waals surface area contributed by atoms with Gasteiger partial charge in [0, 0.05) is 12.3 Å². The monoisotopic (exact) mass is 319 g/mol. The zero-order valence-electron chi connectivity index (χ0n) is 13.6. The molecule has 0 saturated carbocycles. The van der Waals surface area contributed by atoms with E-state index in [0.717, 1.165) is 29.7 Å². The molecule has 22 heavy (non-hydrogen) atoms. The fourth-order valence-corrected chi connectivity index (χ4v) is 3.21. The van der Waals surface area contributed by atoms with Crippen LogP contribution in [-0.2, 0) is 6.54 Å². The zero-order valence-corrected chi connectivity index (χ0v) is 14.4. The largest absolute Gasteiger partial charge is 0.330 e. The summed E-state index contributed by atoms with van der Waals surface area (Å²) in [5, 5.41) is 9.81. The highest BCUT2D eigenvalue weighted by Gasteiger charge is 2.21. The van der Waals surface area contributed by atoms with Crippen LogP contribution in [0.1, 0.15) is 30.8 Å². The van der Waals surface area contributed by atoms with Crippen LogP contribution in [0.4, 0.5) is 0 Å². The molecule has 0 amide bonds. The molecule has 0 bridgehead atoms. The van der Waals surface area contributed by atoms with Crippen molar-refractivity contribution in [2.75, 3.05) is 26.4 Å². The minimum atomic E-state index is 0.267. The van der Waals surface area contributed by atoms with Crippen molar-refractivity contribution in [1.82, 2.24) is 19.7 Å². The minimum absolute atomic E-state index is 0.267. The van der Waals surface area contributed by atoms with Gasteiger partial charge in [-0.1, -0.05) is 49.0 Å². The van der Waals surface area contributed by atoms with E-state index in [2.05, 4.69) is 64.9 Å². The summed E-state index contributed by atoms with van der Waals surface area (Å²) in [6.07, 6.45) is 1.00. The lowest BCUT2D eigenvalue weighted by atomic mass is 10.2. The zero-order chi connectivity index (χ0) is 15.9. The summed E-state index contributed by atoms with van der Waals surface area (Å²) in [6, 6.07) is 10.7. The number of hydrogen-bond donors (Lipinski definition) is 1. The Morgan fingerprint density at radius 2 is 1.95 bits per heavy atom. The molecule has 0 unspecified atom stereocenters. The summed E-state index contributed by atoms with van der Waals surface area (Å²) in [4.78, 5) is 2.20. The quantitative estimate of drug-likeness (QED) is 0.757. The van der Waals surface area contributed by atoms with E-state index in [1.54, 1.807) is 11.8 Å². The van der Waals surface area contributed by atoms with Crippen LogP contribution in [-0.4, -0.2) is 46.1 Å². The van der Waals surface area contributed by atoms with Crippen LogP contribution in [0.5, 0.6) is 0 Å². The lowest BCUT2D eigenvalue weighted by molar-refractivity contribution is 0.272. The second-order valence-electron chi connectivity index (χ2n) is 5.44. The molecule has 2 aromatic rings. The average molecular weight is 319 g/mol. The molecule has 1 atom stereocenters. The van der Waals surface area contributed by atoms with Gasteiger partial charge in [0.05, 0.1) is 12.6 Å². The average Bonchev–Trinajstić information content (AvgIpc) is 2.89. The molecular formula is C16H25N5S. The molecule has 0 aliphatic heterocycles. The molecule has 5 nitrogen and oxygen atoms in total. The fourth-order valence-electron chi connectivity index (χ4n) is 2.50. The number of aromatic nitrogens is 3. The highest BCUT2D eigenvalue weighted by atomic mass is 32.2. The van der Waals surface area contributed by atoms with Gasteiger partial charge >= 0.3 is 0 Å². The van der Waals surface area contributed by atoms with Gasteiger partial charge in [0.2, 0.25) is 0 Å². The number of nitrogens with zero attached hydrogens (tertiary/aromatic N) is 4. The van der Waals surface area contributed by atoms with E-state index < -0.39 is 0 Å². The molecule has 2 rings (SSSR count). The van der Waals surface area contributed by atoms with Crippen LogP contribution in [0, 0.1) is 0 Å². The standard InChI is InChI=1S/C16H25N5S/c1-4-14(20(2)3)15-18-19-16(22-11-10-17)21(15)12-13-8-6-5-7-9-13/h5-9,14H,4,10-12,17H2,1-3H3/t14-/m0/s1. The van der Waals surface area contributed by atoms with Gasteiger partial charge < -0.3 is 10.3 Å². The Labute approximate surface area is 136 Å². The topological polar surface area (TPSA) is 60.0 Å². The minimum Gasteiger partial charge on any atom is -0.330 e. The van der Waals surface area contributed by atoms with E-state index >= 15 is 0 Å². The van der Waals surface area contributed by atoms with Crippen molar-refractivity contribution < 1.29 is 0 Å². The number of benzene rings is 1. The predicted molar refractivity (Wildman–Crippen MR) is 92.1 cm³/mol. The molecule has 0 spiro atoms. The molecule has 1 aromatic carbocycles. The summed E-state index contributed by atoms with van der Waals surface area (Å²) in [7, 11) is 4.17. The molecule has 0 radical (unpaired) electrons. The normalized spacial score (nSPS) is 12.8. The van der Waals surface area contributed by atoms with E-state index in [4.69, 9.17) is 5.73 Å². The molecule has 2 N–H and O–H groups in total. The van der Waals surface area contributed by atoms with Crippen LogP contribution in [0.15, 0.2) is 35.5 Å². The lowest BCUT2D eigenvalue weighted by Crippen LogP contribution is -2.23. The SMILES string of the molecule is CC[C@@H](c1nnc(SCCN)n1Cc1ccccc1)N(C)C. The summed E-state index contributed by atoms with van der Waals surface area (Å²) in [5.74, 6) is 1.88. The van der Waals surface area contributed by atoms with Gasteiger partial charge in [-0.2, -0.15) is 0 Å². The Morgan fingerprint density at radius 1 is 1.23 bits per heavy atom. The maximum Gasteiger partial charge on any atom is 0.191 e. The number of rotatable bonds is 8. The van der Waals surface area contributed by atoms with Crippen molar-refractivity contribution in [3.8, 4) is 0 Å². The third-order valence-electron chi connectivity index (χ3n) is 3.59. The van der Waals surface area contributed by atoms with Crippen molar-refractivity contribution in [1.29, 1.82) is 0 Å². The van der Waals surface area contributed by atoms with E-state index in [0.29, 0.717) is 6.54 Å². The van der Waals surface area contributed by atoms with Gasteiger partial charge in [-0.05, 0) is 26.1 Å². The van der Waals surface area contributed by atoms with Crippen molar-refractivity contribution in [3.63, 3.8) is 0 Å². The summed E-state index contributed by atoms with van der Waals surface area (Å²) in [5.41, 5.74) is 6.89. The first-order valence-electron chi connectivity index (χ1n) is 7.63. The Kier molecular flexibility index (Phi) is 6.42. The second kappa shape index (κ2) is 8.31. The maximum atomic E-state index is 5.63. The van der Waals surface area contributed by atoms with Crippen molar-refractivity contribution >= 4 is 11.8 Å². The lowest BCUT2D eigenvalue weighted by Gasteiger charge is -2.23. The van der Waals surface area contributed by atoms with Gasteiger partial charge in [-0.25, -0.2) is 0 Å². The Hall–Kier alpha value is -1.37. The van der Waals surface area contributed by atoms with Gasteiger partial charge in [-0.15, -0.1) is 10.2 Å². The maximum absolute atomic E-state index is 5.63. The third kappa shape index (κ3) is 4.09. The van der Waals surface area contributed by atoms with Crippen molar-refractivity contribution in [3.05, 3.63) is 41.7 Å². The molecule has 1 aromatic heterocycles. The molecule has 6 heteroatoms. The molecular weight excluding hydrogens is 294 g/mol. The highest BCUT2D eigenvalue weighted by Crippen LogP contribution is 2.25. The fraction of sp³-hybridized carbons (Fsp3) is 0.500. The van der Waals surface area contributed by atoms with Gasteiger partial charge in [0.1, 0.15) is 0 Å². The van der Waals surface area contributed by atoms with Crippen LogP contribution >= 0.6 is 11.8 Å². The van der Waals surface area contributed by atoms with Gasteiger partial charge in [0.25, 0.3) is 0 Å². The molecule has 0 fully saturated rings. The molecule has 0 aliphatic carbocycles. The van der Waals surface area contributed by atoms with E-state index in [-0.39, 0.29) is 6.04 Å². The van der Waals surface area contributed by atoms with Crippen LogP contribution in [0.2, 0.25) is 0 Å². The first-order valence-corrected chi connectivity index (χ1v) is 8.62. The van der Waals surface area contributed by atoms with Crippen molar-refractivity contribution in [2.45, 2.75) is 31.1 Å². The summed E-state index contributed by atoms with van der Waals surface area (Å²) < 4.78 is 2.23. The Balaban J connectivity index is 2.34. The molecule has 120 valence electrons. The molecule has 1 heterocycles. The number of hydrogen-bond acceptors (Lipinski definition) is 5. The second-order valence-corrected chi connectivity index (χ2v) is 6.50. The smallest absolute Gasteiger partial charge is 0.191 e. The van der Waals surface area contributed by atoms with Crippen molar-refractivity contribution in [2.24, 2.45) is 5.73 Å². The van der Waals surface area contributed by atoms with E-state index in [9.17, 15) is 0 Å².